The fourth-order valence-electron chi connectivity index (χ4n) is 1.19. The molecule has 0 radical (unpaired) electrons. The average Bonchev–Trinajstić information content (AvgIpc) is 2.32. The number of rotatable bonds is 4. The Morgan fingerprint density at radius 2 is 1.95 bits per heavy atom. The van der Waals surface area contributed by atoms with Crippen LogP contribution in [0.15, 0.2) is 16.5 Å². The van der Waals surface area contributed by atoms with E-state index in [4.69, 9.17) is 4.74 Å². The molecule has 0 amide bonds. The molecule has 4 nitrogen and oxygen atoms in total. The minimum absolute atomic E-state index is 0.0485. The van der Waals surface area contributed by atoms with Crippen LogP contribution in [0.5, 0.6) is 5.75 Å². The van der Waals surface area contributed by atoms with Crippen LogP contribution in [-0.4, -0.2) is 32.9 Å². The smallest absolute Gasteiger partial charge is 0.422 e. The summed E-state index contributed by atoms with van der Waals surface area (Å²) in [6.07, 6.45) is -3.26. The first kappa shape index (κ1) is 17.6. The van der Waals surface area contributed by atoms with E-state index in [2.05, 4.69) is 9.38 Å². The molecule has 1 atom stereocenters. The van der Waals surface area contributed by atoms with Crippen molar-refractivity contribution in [1.82, 2.24) is 4.98 Å². The van der Waals surface area contributed by atoms with Crippen LogP contribution in [0.1, 0.15) is 32.2 Å². The molecule has 0 aliphatic carbocycles. The number of halogens is 3. The van der Waals surface area contributed by atoms with Crippen LogP contribution in [0.25, 0.3) is 0 Å². The zero-order valence-corrected chi connectivity index (χ0v) is 13.0. The molecule has 1 aromatic heterocycles. The van der Waals surface area contributed by atoms with E-state index in [9.17, 15) is 17.4 Å². The number of pyridine rings is 1. The summed E-state index contributed by atoms with van der Waals surface area (Å²) < 4.78 is 56.4. The monoisotopic (exact) mass is 322 g/mol. The number of aryl methyl sites for hydroxylation is 1. The quantitative estimate of drug-likeness (QED) is 0.800. The molecule has 0 aliphatic heterocycles. The van der Waals surface area contributed by atoms with Crippen LogP contribution in [-0.2, 0) is 11.0 Å². The standard InChI is InChI=1S/C13H17F3N2O2S/c1-9-5-6-11(20-8-13(14,15)16)10(18-9)7-17-21(19)12(2,3)4/h5-7H,8H2,1-4H3. The Kier molecular flexibility index (Phi) is 5.49. The van der Waals surface area contributed by atoms with Gasteiger partial charge in [-0.25, -0.2) is 9.19 Å². The highest BCUT2D eigenvalue weighted by atomic mass is 32.2. The molecule has 8 heteroatoms. The largest absolute Gasteiger partial charge is 0.482 e. The van der Waals surface area contributed by atoms with E-state index in [0.717, 1.165) is 0 Å². The molecule has 1 rings (SSSR count). The molecule has 1 aromatic rings. The van der Waals surface area contributed by atoms with Crippen LogP contribution in [0, 0.1) is 6.92 Å². The molecule has 0 saturated carbocycles. The summed E-state index contributed by atoms with van der Waals surface area (Å²) in [6.45, 7) is 5.49. The van der Waals surface area contributed by atoms with Crippen molar-refractivity contribution in [3.63, 3.8) is 0 Å². The van der Waals surface area contributed by atoms with E-state index in [0.29, 0.717) is 5.69 Å². The summed E-state index contributed by atoms with van der Waals surface area (Å²) in [5, 5.41) is 0. The molecule has 0 fully saturated rings. The second kappa shape index (κ2) is 6.55. The van der Waals surface area contributed by atoms with Crippen molar-refractivity contribution < 1.29 is 22.1 Å². The second-order valence-electron chi connectivity index (χ2n) is 5.34. The third-order valence-corrected chi connectivity index (χ3v) is 3.56. The van der Waals surface area contributed by atoms with Gasteiger partial charge in [0.25, 0.3) is 0 Å². The Hall–Kier alpha value is -1.44. The lowest BCUT2D eigenvalue weighted by molar-refractivity contribution is -0.153. The fraction of sp³-hybridized carbons (Fsp3) is 0.538. The topological polar surface area (TPSA) is 51.5 Å². The number of alkyl halides is 3. The number of nitrogens with zero attached hydrogens (tertiary/aromatic N) is 2. The van der Waals surface area contributed by atoms with Gasteiger partial charge in [-0.05, 0) is 39.8 Å². The van der Waals surface area contributed by atoms with E-state index >= 15 is 0 Å². The lowest BCUT2D eigenvalue weighted by Gasteiger charge is -2.13. The summed E-state index contributed by atoms with van der Waals surface area (Å²) in [7, 11) is -1.52. The molecule has 0 N–H and O–H groups in total. The molecular formula is C13H17F3N2O2S. The van der Waals surface area contributed by atoms with Crippen molar-refractivity contribution in [2.24, 2.45) is 4.40 Å². The van der Waals surface area contributed by atoms with Crippen molar-refractivity contribution in [2.75, 3.05) is 6.61 Å². The predicted octanol–water partition coefficient (Wildman–Crippen LogP) is 3.21. The van der Waals surface area contributed by atoms with Crippen molar-refractivity contribution in [2.45, 2.75) is 38.6 Å². The first-order chi connectivity index (χ1) is 9.49. The Morgan fingerprint density at radius 3 is 2.48 bits per heavy atom. The van der Waals surface area contributed by atoms with Crippen LogP contribution in [0.4, 0.5) is 13.2 Å². The van der Waals surface area contributed by atoms with E-state index in [1.54, 1.807) is 27.7 Å². The van der Waals surface area contributed by atoms with Crippen LogP contribution in [0.3, 0.4) is 0 Å². The van der Waals surface area contributed by atoms with Crippen LogP contribution >= 0.6 is 0 Å². The van der Waals surface area contributed by atoms with Gasteiger partial charge < -0.3 is 4.74 Å². The lowest BCUT2D eigenvalue weighted by Crippen LogP contribution is -2.21. The fourth-order valence-corrected chi connectivity index (χ4v) is 1.71. The van der Waals surface area contributed by atoms with Gasteiger partial charge >= 0.3 is 6.18 Å². The molecule has 1 heterocycles. The molecule has 0 aromatic carbocycles. The zero-order chi connectivity index (χ0) is 16.3. The molecule has 118 valence electrons. The highest BCUT2D eigenvalue weighted by molar-refractivity contribution is 7.85. The highest BCUT2D eigenvalue weighted by Gasteiger charge is 2.29. The minimum atomic E-state index is -4.44. The molecule has 21 heavy (non-hydrogen) atoms. The third kappa shape index (κ3) is 6.24. The maximum absolute atomic E-state index is 12.2. The Labute approximate surface area is 124 Å². The molecule has 0 aliphatic rings. The first-order valence-corrected chi connectivity index (χ1v) is 7.23. The van der Waals surface area contributed by atoms with Crippen molar-refractivity contribution in [3.8, 4) is 5.75 Å². The maximum Gasteiger partial charge on any atom is 0.422 e. The normalized spacial score (nSPS) is 14.4. The van der Waals surface area contributed by atoms with Crippen molar-refractivity contribution >= 4 is 17.2 Å². The number of aromatic nitrogens is 1. The summed E-state index contributed by atoms with van der Waals surface area (Å²) >= 11 is 0. The summed E-state index contributed by atoms with van der Waals surface area (Å²) in [6, 6.07) is 2.92. The molecular weight excluding hydrogens is 305 g/mol. The van der Waals surface area contributed by atoms with Crippen LogP contribution in [0.2, 0.25) is 0 Å². The van der Waals surface area contributed by atoms with Gasteiger partial charge in [-0.3, -0.25) is 0 Å². The SMILES string of the molecule is Cc1ccc(OCC(F)(F)F)c(C=NS(=O)C(C)(C)C)n1. The summed E-state index contributed by atoms with van der Waals surface area (Å²) in [5.74, 6) is -0.0485. The van der Waals surface area contributed by atoms with Gasteiger partial charge in [0.15, 0.2) is 6.61 Å². The molecule has 1 unspecified atom stereocenters. The number of hydrogen-bond donors (Lipinski definition) is 0. The maximum atomic E-state index is 12.2. The Balaban J connectivity index is 2.97. The number of ether oxygens (including phenoxy) is 1. The van der Waals surface area contributed by atoms with E-state index < -0.39 is 28.5 Å². The Bertz CT molecular complexity index is 551. The third-order valence-electron chi connectivity index (χ3n) is 2.21. The van der Waals surface area contributed by atoms with Gasteiger partial charge in [0.2, 0.25) is 0 Å². The van der Waals surface area contributed by atoms with E-state index in [-0.39, 0.29) is 11.4 Å². The van der Waals surface area contributed by atoms with Gasteiger partial charge in [0.05, 0.1) is 11.0 Å². The van der Waals surface area contributed by atoms with Gasteiger partial charge in [0.1, 0.15) is 22.4 Å². The summed E-state index contributed by atoms with van der Waals surface area (Å²) in [4.78, 5) is 4.05. The number of hydrogen-bond acceptors (Lipinski definition) is 3. The van der Waals surface area contributed by atoms with Crippen LogP contribution < -0.4 is 4.74 Å². The van der Waals surface area contributed by atoms with Gasteiger partial charge in [-0.2, -0.15) is 17.6 Å². The Morgan fingerprint density at radius 1 is 1.33 bits per heavy atom. The first-order valence-electron chi connectivity index (χ1n) is 6.12. The highest BCUT2D eigenvalue weighted by Crippen LogP contribution is 2.21. The summed E-state index contributed by atoms with van der Waals surface area (Å²) in [5.41, 5.74) is 0.717. The van der Waals surface area contributed by atoms with Gasteiger partial charge in [0, 0.05) is 5.69 Å². The van der Waals surface area contributed by atoms with E-state index in [1.807, 2.05) is 0 Å². The zero-order valence-electron chi connectivity index (χ0n) is 12.2. The average molecular weight is 322 g/mol. The van der Waals surface area contributed by atoms with Crippen molar-refractivity contribution in [3.05, 3.63) is 23.5 Å². The molecule has 0 saturated heterocycles. The minimum Gasteiger partial charge on any atom is -0.482 e. The predicted molar refractivity (Wildman–Crippen MR) is 76.0 cm³/mol. The van der Waals surface area contributed by atoms with Gasteiger partial charge in [-0.15, -0.1) is 0 Å². The molecule has 0 spiro atoms. The van der Waals surface area contributed by atoms with E-state index in [1.165, 1.54) is 18.3 Å². The van der Waals surface area contributed by atoms with Gasteiger partial charge in [-0.1, -0.05) is 0 Å². The molecule has 0 bridgehead atoms. The van der Waals surface area contributed by atoms with Crippen molar-refractivity contribution in [1.29, 1.82) is 0 Å². The lowest BCUT2D eigenvalue weighted by atomic mass is 10.3. The second-order valence-corrected chi connectivity index (χ2v) is 7.27.